The molecule has 29 heavy (non-hydrogen) atoms. The van der Waals surface area contributed by atoms with E-state index >= 15 is 0 Å². The predicted molar refractivity (Wildman–Crippen MR) is 114 cm³/mol. The van der Waals surface area contributed by atoms with Crippen LogP contribution in [-0.4, -0.2) is 51.9 Å². The third kappa shape index (κ3) is 4.54. The van der Waals surface area contributed by atoms with Gasteiger partial charge in [0.2, 0.25) is 0 Å². The van der Waals surface area contributed by atoms with Crippen LogP contribution in [0.2, 0.25) is 0 Å². The van der Waals surface area contributed by atoms with Gasteiger partial charge in [0.15, 0.2) is 0 Å². The van der Waals surface area contributed by atoms with Crippen LogP contribution in [0.4, 0.5) is 0 Å². The SMILES string of the molecule is CN(Cc1ccccc1)C1CCCN(C(=O)c2ccc3ncc(=O)[nH]c3c2)CC1. The number of aromatic amines is 1. The maximum Gasteiger partial charge on any atom is 0.266 e. The molecule has 1 unspecified atom stereocenters. The van der Waals surface area contributed by atoms with Crippen LogP contribution in [0, 0.1) is 0 Å². The van der Waals surface area contributed by atoms with Crippen LogP contribution in [0.3, 0.4) is 0 Å². The van der Waals surface area contributed by atoms with Crippen LogP contribution in [0.5, 0.6) is 0 Å². The second-order valence-electron chi connectivity index (χ2n) is 7.76. The van der Waals surface area contributed by atoms with Gasteiger partial charge in [0, 0.05) is 31.2 Å². The van der Waals surface area contributed by atoms with E-state index in [1.165, 1.54) is 11.8 Å². The molecule has 2 heterocycles. The fourth-order valence-electron chi connectivity index (χ4n) is 4.08. The Labute approximate surface area is 170 Å². The second kappa shape index (κ2) is 8.57. The number of H-pyrrole nitrogens is 1. The number of fused-ring (bicyclic) bond motifs is 1. The molecule has 1 saturated heterocycles. The molecule has 3 aromatic rings. The van der Waals surface area contributed by atoms with E-state index in [0.717, 1.165) is 38.9 Å². The van der Waals surface area contributed by atoms with E-state index in [-0.39, 0.29) is 11.5 Å². The first kappa shape index (κ1) is 19.3. The van der Waals surface area contributed by atoms with Crippen molar-refractivity contribution in [3.8, 4) is 0 Å². The lowest BCUT2D eigenvalue weighted by Gasteiger charge is -2.27. The zero-order chi connectivity index (χ0) is 20.2. The van der Waals surface area contributed by atoms with Crippen LogP contribution in [-0.2, 0) is 6.54 Å². The lowest BCUT2D eigenvalue weighted by atomic mass is 10.1. The number of hydrogen-bond donors (Lipinski definition) is 1. The molecular weight excluding hydrogens is 364 g/mol. The number of carbonyl (C=O) groups excluding carboxylic acids is 1. The molecule has 2 aromatic carbocycles. The maximum absolute atomic E-state index is 13.0. The number of rotatable bonds is 4. The van der Waals surface area contributed by atoms with Gasteiger partial charge in [0.25, 0.3) is 11.5 Å². The number of hydrogen-bond acceptors (Lipinski definition) is 4. The predicted octanol–water partition coefficient (Wildman–Crippen LogP) is 3.05. The summed E-state index contributed by atoms with van der Waals surface area (Å²) < 4.78 is 0. The van der Waals surface area contributed by atoms with Crippen molar-refractivity contribution in [1.29, 1.82) is 0 Å². The van der Waals surface area contributed by atoms with Crippen molar-refractivity contribution in [2.75, 3.05) is 20.1 Å². The van der Waals surface area contributed by atoms with Crippen LogP contribution < -0.4 is 5.56 Å². The Morgan fingerprint density at radius 2 is 2.00 bits per heavy atom. The summed E-state index contributed by atoms with van der Waals surface area (Å²) in [6.45, 7) is 2.42. The molecule has 4 rings (SSSR count). The number of aromatic nitrogens is 2. The van der Waals surface area contributed by atoms with Gasteiger partial charge in [-0.25, -0.2) is 4.98 Å². The van der Waals surface area contributed by atoms with E-state index < -0.39 is 0 Å². The second-order valence-corrected chi connectivity index (χ2v) is 7.76. The molecule has 1 amide bonds. The minimum Gasteiger partial charge on any atom is -0.339 e. The topological polar surface area (TPSA) is 69.3 Å². The van der Waals surface area contributed by atoms with Crippen molar-refractivity contribution in [2.45, 2.75) is 31.8 Å². The largest absolute Gasteiger partial charge is 0.339 e. The van der Waals surface area contributed by atoms with Crippen molar-refractivity contribution < 1.29 is 4.79 Å². The molecule has 0 saturated carbocycles. The van der Waals surface area contributed by atoms with Crippen LogP contribution in [0.25, 0.3) is 11.0 Å². The summed E-state index contributed by atoms with van der Waals surface area (Å²) in [5.41, 5.74) is 2.92. The number of benzene rings is 2. The molecule has 1 atom stereocenters. The highest BCUT2D eigenvalue weighted by Gasteiger charge is 2.24. The van der Waals surface area contributed by atoms with Gasteiger partial charge in [0.1, 0.15) is 0 Å². The molecule has 1 N–H and O–H groups in total. The summed E-state index contributed by atoms with van der Waals surface area (Å²) in [7, 11) is 2.17. The Kier molecular flexibility index (Phi) is 5.71. The van der Waals surface area contributed by atoms with E-state index in [9.17, 15) is 9.59 Å². The lowest BCUT2D eigenvalue weighted by Crippen LogP contribution is -2.34. The average Bonchev–Trinajstić information content (AvgIpc) is 3.00. The molecule has 6 nitrogen and oxygen atoms in total. The molecule has 1 aliphatic heterocycles. The molecule has 1 aromatic heterocycles. The normalized spacial score (nSPS) is 17.4. The Balaban J connectivity index is 1.42. The van der Waals surface area contributed by atoms with E-state index in [0.29, 0.717) is 22.6 Å². The average molecular weight is 390 g/mol. The van der Waals surface area contributed by atoms with E-state index in [1.54, 1.807) is 18.2 Å². The van der Waals surface area contributed by atoms with Crippen molar-refractivity contribution in [2.24, 2.45) is 0 Å². The molecule has 0 spiro atoms. The van der Waals surface area contributed by atoms with Crippen molar-refractivity contribution in [3.63, 3.8) is 0 Å². The van der Waals surface area contributed by atoms with Crippen molar-refractivity contribution in [3.05, 3.63) is 76.2 Å². The number of likely N-dealkylation sites (tertiary alicyclic amines) is 1. The quantitative estimate of drug-likeness (QED) is 0.743. The van der Waals surface area contributed by atoms with Crippen LogP contribution in [0.15, 0.2) is 59.5 Å². The highest BCUT2D eigenvalue weighted by atomic mass is 16.2. The van der Waals surface area contributed by atoms with Gasteiger partial charge < -0.3 is 9.88 Å². The van der Waals surface area contributed by atoms with Gasteiger partial charge in [0.05, 0.1) is 17.2 Å². The minimum absolute atomic E-state index is 0.0166. The third-order valence-electron chi connectivity index (χ3n) is 5.71. The first-order valence-corrected chi connectivity index (χ1v) is 10.1. The smallest absolute Gasteiger partial charge is 0.266 e. The number of amides is 1. The molecule has 0 radical (unpaired) electrons. The van der Waals surface area contributed by atoms with Gasteiger partial charge in [-0.15, -0.1) is 0 Å². The summed E-state index contributed by atoms with van der Waals surface area (Å²) in [6, 6.07) is 16.3. The molecule has 1 fully saturated rings. The van der Waals surface area contributed by atoms with Gasteiger partial charge >= 0.3 is 0 Å². The van der Waals surface area contributed by atoms with E-state index in [1.807, 2.05) is 11.0 Å². The first-order chi connectivity index (χ1) is 14.1. The minimum atomic E-state index is -0.263. The first-order valence-electron chi connectivity index (χ1n) is 10.1. The number of nitrogens with one attached hydrogen (secondary N) is 1. The molecular formula is C23H26N4O2. The monoisotopic (exact) mass is 390 g/mol. The molecule has 6 heteroatoms. The summed E-state index contributed by atoms with van der Waals surface area (Å²) in [6.07, 6.45) is 4.29. The van der Waals surface area contributed by atoms with Crippen molar-refractivity contribution in [1.82, 2.24) is 19.8 Å². The molecule has 0 aliphatic carbocycles. The van der Waals surface area contributed by atoms with Crippen LogP contribution in [0.1, 0.15) is 35.2 Å². The Bertz CT molecular complexity index is 1050. The standard InChI is InChI=1S/C23H26N4O2/c1-26(16-17-6-3-2-4-7-17)19-8-5-12-27(13-11-19)23(29)18-9-10-20-21(14-18)25-22(28)15-24-20/h2-4,6-7,9-10,14-15,19H,5,8,11-13,16H2,1H3,(H,25,28). The van der Waals surface area contributed by atoms with E-state index in [4.69, 9.17) is 0 Å². The van der Waals surface area contributed by atoms with Gasteiger partial charge in [-0.2, -0.15) is 0 Å². The molecule has 0 bridgehead atoms. The fourth-order valence-corrected chi connectivity index (χ4v) is 4.08. The van der Waals surface area contributed by atoms with Crippen LogP contribution >= 0.6 is 0 Å². The molecule has 150 valence electrons. The number of nitrogens with zero attached hydrogens (tertiary/aromatic N) is 3. The molecule has 1 aliphatic rings. The van der Waals surface area contributed by atoms with Crippen molar-refractivity contribution >= 4 is 16.9 Å². The number of carbonyl (C=O) groups is 1. The third-order valence-corrected chi connectivity index (χ3v) is 5.71. The van der Waals surface area contributed by atoms with Gasteiger partial charge in [-0.3, -0.25) is 14.5 Å². The fraction of sp³-hybridized carbons (Fsp3) is 0.348. The summed E-state index contributed by atoms with van der Waals surface area (Å²) in [5.74, 6) is 0.0166. The zero-order valence-corrected chi connectivity index (χ0v) is 16.7. The Morgan fingerprint density at radius 1 is 1.17 bits per heavy atom. The Morgan fingerprint density at radius 3 is 2.83 bits per heavy atom. The lowest BCUT2D eigenvalue weighted by molar-refractivity contribution is 0.0757. The highest BCUT2D eigenvalue weighted by molar-refractivity contribution is 5.97. The van der Waals surface area contributed by atoms with Gasteiger partial charge in [-0.1, -0.05) is 30.3 Å². The Hall–Kier alpha value is -2.99. The van der Waals surface area contributed by atoms with Gasteiger partial charge in [-0.05, 0) is 50.1 Å². The maximum atomic E-state index is 13.0. The summed E-state index contributed by atoms with van der Waals surface area (Å²) >= 11 is 0. The van der Waals surface area contributed by atoms with E-state index in [2.05, 4.69) is 46.2 Å². The highest BCUT2D eigenvalue weighted by Crippen LogP contribution is 2.20. The summed E-state index contributed by atoms with van der Waals surface area (Å²) in [5, 5.41) is 0. The summed E-state index contributed by atoms with van der Waals surface area (Å²) in [4.78, 5) is 35.8. The zero-order valence-electron chi connectivity index (χ0n) is 16.7.